The molecule has 1 saturated heterocycles. The van der Waals surface area contributed by atoms with E-state index < -0.39 is 5.60 Å². The molecule has 10 heteroatoms. The highest BCUT2D eigenvalue weighted by molar-refractivity contribution is 5.84. The molecule has 3 amide bonds. The smallest absolute Gasteiger partial charge is 0.318 e. The van der Waals surface area contributed by atoms with Gasteiger partial charge in [0.05, 0.1) is 6.20 Å². The fourth-order valence-electron chi connectivity index (χ4n) is 5.23. The van der Waals surface area contributed by atoms with Crippen molar-refractivity contribution < 1.29 is 14.3 Å². The first-order valence-electron chi connectivity index (χ1n) is 14.5. The first-order chi connectivity index (χ1) is 19.8. The molecule has 2 fully saturated rings. The first kappa shape index (κ1) is 28.5. The molecule has 5 N–H and O–H groups in total. The number of benzene rings is 2. The first-order valence-corrected chi connectivity index (χ1v) is 14.5. The minimum Gasteiger partial charge on any atom is -0.478 e. The standard InChI is InChI=1S/C31H41N7O3/c1-31(2,29(39)33-15-14-32)41-28-7-3-6-27(17-28)37-16-4-5-25(21-37)36-30(40)38(26-12-13-26)20-22-8-10-23(11-9-22)24-18-34-35-19-24/h3,6-11,17-19,25-26H,4-5,12-16,20-21,32H2,1-2H3,(H,33,39)(H,34,35)(H,36,40)/t25-/m0/s1. The molecule has 1 aromatic heterocycles. The van der Waals surface area contributed by atoms with Crippen LogP contribution in [0, 0.1) is 0 Å². The number of anilines is 1. The summed E-state index contributed by atoms with van der Waals surface area (Å²) < 4.78 is 6.07. The van der Waals surface area contributed by atoms with Crippen LogP contribution in [0.25, 0.3) is 11.1 Å². The van der Waals surface area contributed by atoms with E-state index in [2.05, 4.69) is 50.0 Å². The average Bonchev–Trinajstić information content (AvgIpc) is 3.67. The van der Waals surface area contributed by atoms with E-state index in [4.69, 9.17) is 10.5 Å². The third-order valence-corrected chi connectivity index (χ3v) is 7.67. The van der Waals surface area contributed by atoms with Crippen LogP contribution in [-0.4, -0.2) is 70.9 Å². The van der Waals surface area contributed by atoms with E-state index >= 15 is 0 Å². The van der Waals surface area contributed by atoms with Crippen molar-refractivity contribution in [3.63, 3.8) is 0 Å². The largest absolute Gasteiger partial charge is 0.478 e. The Hall–Kier alpha value is -4.05. The van der Waals surface area contributed by atoms with Gasteiger partial charge in [0.15, 0.2) is 5.60 Å². The van der Waals surface area contributed by atoms with Crippen LogP contribution in [-0.2, 0) is 11.3 Å². The van der Waals surface area contributed by atoms with Gasteiger partial charge in [-0.15, -0.1) is 0 Å². The number of carbonyl (C=O) groups is 2. The second-order valence-corrected chi connectivity index (χ2v) is 11.4. The quantitative estimate of drug-likeness (QED) is 0.284. The Morgan fingerprint density at radius 2 is 1.95 bits per heavy atom. The number of nitrogens with one attached hydrogen (secondary N) is 3. The molecule has 2 heterocycles. The monoisotopic (exact) mass is 559 g/mol. The van der Waals surface area contributed by atoms with Crippen molar-refractivity contribution in [1.82, 2.24) is 25.7 Å². The van der Waals surface area contributed by atoms with E-state index in [-0.39, 0.29) is 18.0 Å². The van der Waals surface area contributed by atoms with Crippen LogP contribution in [0.15, 0.2) is 60.9 Å². The number of H-pyrrole nitrogens is 1. The summed E-state index contributed by atoms with van der Waals surface area (Å²) in [6.45, 7) is 6.48. The molecule has 3 aromatic rings. The van der Waals surface area contributed by atoms with Gasteiger partial charge >= 0.3 is 6.03 Å². The molecule has 5 rings (SSSR count). The topological polar surface area (TPSA) is 129 Å². The highest BCUT2D eigenvalue weighted by Crippen LogP contribution is 2.30. The Morgan fingerprint density at radius 3 is 2.66 bits per heavy atom. The second-order valence-electron chi connectivity index (χ2n) is 11.4. The summed E-state index contributed by atoms with van der Waals surface area (Å²) in [4.78, 5) is 30.2. The number of hydrogen-bond donors (Lipinski definition) is 4. The van der Waals surface area contributed by atoms with Crippen molar-refractivity contribution >= 4 is 17.6 Å². The zero-order valence-electron chi connectivity index (χ0n) is 23.9. The van der Waals surface area contributed by atoms with Gasteiger partial charge in [-0.05, 0) is 62.8 Å². The molecule has 1 saturated carbocycles. The molecule has 41 heavy (non-hydrogen) atoms. The number of urea groups is 1. The number of amides is 3. The summed E-state index contributed by atoms with van der Waals surface area (Å²) in [6, 6.07) is 16.5. The summed E-state index contributed by atoms with van der Waals surface area (Å²) in [7, 11) is 0. The van der Waals surface area contributed by atoms with Gasteiger partial charge in [-0.3, -0.25) is 9.89 Å². The number of rotatable bonds is 11. The van der Waals surface area contributed by atoms with Gasteiger partial charge in [-0.25, -0.2) is 4.79 Å². The van der Waals surface area contributed by atoms with Gasteiger partial charge in [0, 0.05) is 68.3 Å². The maximum absolute atomic E-state index is 13.5. The maximum Gasteiger partial charge on any atom is 0.318 e. The van der Waals surface area contributed by atoms with E-state index in [1.165, 1.54) is 0 Å². The van der Waals surface area contributed by atoms with Crippen LogP contribution in [0.5, 0.6) is 5.75 Å². The van der Waals surface area contributed by atoms with Crippen LogP contribution in [0.3, 0.4) is 0 Å². The van der Waals surface area contributed by atoms with Crippen LogP contribution < -0.4 is 26.0 Å². The number of ether oxygens (including phenoxy) is 1. The lowest BCUT2D eigenvalue weighted by Crippen LogP contribution is -2.52. The third-order valence-electron chi connectivity index (χ3n) is 7.67. The zero-order valence-corrected chi connectivity index (χ0v) is 23.9. The Labute approximate surface area is 241 Å². The Kier molecular flexibility index (Phi) is 8.78. The number of nitrogens with two attached hydrogens (primary N) is 1. The Morgan fingerprint density at radius 1 is 1.15 bits per heavy atom. The number of aromatic amines is 1. The zero-order chi connectivity index (χ0) is 28.8. The summed E-state index contributed by atoms with van der Waals surface area (Å²) in [5.74, 6) is 0.420. The molecule has 1 atom stereocenters. The predicted molar refractivity (Wildman–Crippen MR) is 160 cm³/mol. The van der Waals surface area contributed by atoms with Crippen LogP contribution in [0.1, 0.15) is 45.1 Å². The fourth-order valence-corrected chi connectivity index (χ4v) is 5.23. The van der Waals surface area contributed by atoms with Crippen molar-refractivity contribution in [3.8, 4) is 16.9 Å². The van der Waals surface area contributed by atoms with Crippen LogP contribution in [0.2, 0.25) is 0 Å². The van der Waals surface area contributed by atoms with Gasteiger partial charge in [0.1, 0.15) is 5.75 Å². The highest BCUT2D eigenvalue weighted by atomic mass is 16.5. The van der Waals surface area contributed by atoms with Crippen molar-refractivity contribution in [1.29, 1.82) is 0 Å². The second kappa shape index (κ2) is 12.6. The SMILES string of the molecule is CC(C)(Oc1cccc(N2CCC[C@H](NC(=O)N(Cc3ccc(-c4cn[nH]c4)cc3)C3CC3)C2)c1)C(=O)NCCN. The molecule has 0 spiro atoms. The number of piperidine rings is 1. The summed E-state index contributed by atoms with van der Waals surface area (Å²) in [6.07, 6.45) is 7.68. The molecule has 2 aromatic carbocycles. The van der Waals surface area contributed by atoms with Crippen LogP contribution >= 0.6 is 0 Å². The lowest BCUT2D eigenvalue weighted by molar-refractivity contribution is -0.134. The van der Waals surface area contributed by atoms with Gasteiger partial charge in [0.2, 0.25) is 0 Å². The summed E-state index contributed by atoms with van der Waals surface area (Å²) >= 11 is 0. The van der Waals surface area contributed by atoms with Gasteiger partial charge in [0.25, 0.3) is 5.91 Å². The van der Waals surface area contributed by atoms with E-state index in [0.717, 1.165) is 54.6 Å². The number of nitrogens with zero attached hydrogens (tertiary/aromatic N) is 3. The van der Waals surface area contributed by atoms with Crippen LogP contribution in [0.4, 0.5) is 10.5 Å². The van der Waals surface area contributed by atoms with E-state index in [1.807, 2.05) is 35.4 Å². The highest BCUT2D eigenvalue weighted by Gasteiger charge is 2.34. The molecular weight excluding hydrogens is 518 g/mol. The Bertz CT molecular complexity index is 1310. The van der Waals surface area contributed by atoms with E-state index in [0.29, 0.717) is 38.0 Å². The normalized spacial score (nSPS) is 17.1. The molecule has 1 aliphatic heterocycles. The third kappa shape index (κ3) is 7.38. The average molecular weight is 560 g/mol. The van der Waals surface area contributed by atoms with E-state index in [1.54, 1.807) is 20.0 Å². The molecule has 1 aliphatic carbocycles. The fraction of sp³-hybridized carbons (Fsp3) is 0.452. The van der Waals surface area contributed by atoms with Crippen molar-refractivity contribution in [2.75, 3.05) is 31.1 Å². The van der Waals surface area contributed by atoms with Crippen molar-refractivity contribution in [2.24, 2.45) is 5.73 Å². The maximum atomic E-state index is 13.5. The van der Waals surface area contributed by atoms with Gasteiger partial charge in [-0.1, -0.05) is 30.3 Å². The molecule has 0 radical (unpaired) electrons. The summed E-state index contributed by atoms with van der Waals surface area (Å²) in [5, 5.41) is 13.0. The minimum absolute atomic E-state index is 0.000543. The van der Waals surface area contributed by atoms with Gasteiger partial charge in [-0.2, -0.15) is 5.10 Å². The predicted octanol–water partition coefficient (Wildman–Crippen LogP) is 3.65. The molecule has 10 nitrogen and oxygen atoms in total. The number of aromatic nitrogens is 2. The lowest BCUT2D eigenvalue weighted by Gasteiger charge is -2.36. The van der Waals surface area contributed by atoms with E-state index in [9.17, 15) is 9.59 Å². The Balaban J connectivity index is 1.19. The van der Waals surface area contributed by atoms with Crippen molar-refractivity contribution in [2.45, 2.75) is 63.8 Å². The lowest BCUT2D eigenvalue weighted by atomic mass is 10.0. The number of hydrogen-bond acceptors (Lipinski definition) is 6. The number of carbonyl (C=O) groups excluding carboxylic acids is 2. The summed E-state index contributed by atoms with van der Waals surface area (Å²) in [5.41, 5.74) is 8.75. The van der Waals surface area contributed by atoms with Crippen molar-refractivity contribution in [3.05, 3.63) is 66.5 Å². The molecule has 2 aliphatic rings. The minimum atomic E-state index is -1.03. The molecule has 0 unspecified atom stereocenters. The molecular formula is C31H41N7O3. The molecule has 0 bridgehead atoms. The molecule has 218 valence electrons. The van der Waals surface area contributed by atoms with Gasteiger partial charge < -0.3 is 30.9 Å².